The quantitative estimate of drug-likeness (QED) is 0.602. The fourth-order valence-electron chi connectivity index (χ4n) is 2.31. The molecule has 3 rings (SSSR count). The fraction of sp³-hybridized carbons (Fsp3) is 0.188. The molecule has 2 aromatic heterocycles. The lowest BCUT2D eigenvalue weighted by Crippen LogP contribution is -2.20. The third-order valence-electron chi connectivity index (χ3n) is 3.39. The van der Waals surface area contributed by atoms with Crippen molar-refractivity contribution in [2.75, 3.05) is 0 Å². The minimum Gasteiger partial charge on any atom is -0.415 e. The van der Waals surface area contributed by atoms with E-state index in [0.717, 1.165) is 22.8 Å². The predicted molar refractivity (Wildman–Crippen MR) is 81.1 cm³/mol. The summed E-state index contributed by atoms with van der Waals surface area (Å²) in [5.74, 6) is -2.95. The number of halogens is 6. The molecular weight excluding hydrogens is 396 g/mol. The largest absolute Gasteiger partial charge is 0.573 e. The van der Waals surface area contributed by atoms with Crippen LogP contribution >= 0.6 is 0 Å². The van der Waals surface area contributed by atoms with Crippen molar-refractivity contribution in [3.8, 4) is 17.2 Å². The number of aromatic nitrogens is 3. The van der Waals surface area contributed by atoms with Gasteiger partial charge in [0.05, 0.1) is 6.54 Å². The molecule has 0 atom stereocenters. The molecule has 0 aliphatic carbocycles. The van der Waals surface area contributed by atoms with Crippen molar-refractivity contribution in [3.63, 3.8) is 0 Å². The highest BCUT2D eigenvalue weighted by molar-refractivity contribution is 5.51. The van der Waals surface area contributed by atoms with Gasteiger partial charge >= 0.3 is 12.8 Å². The van der Waals surface area contributed by atoms with Gasteiger partial charge in [0.2, 0.25) is 5.89 Å². The average molecular weight is 405 g/mol. The van der Waals surface area contributed by atoms with Gasteiger partial charge in [-0.15, -0.1) is 23.4 Å². The fourth-order valence-corrected chi connectivity index (χ4v) is 2.31. The van der Waals surface area contributed by atoms with Gasteiger partial charge in [-0.2, -0.15) is 8.78 Å². The number of hydrogen-bond acceptors (Lipinski definition) is 5. The van der Waals surface area contributed by atoms with Crippen LogP contribution in [0.4, 0.5) is 26.3 Å². The number of rotatable bonds is 5. The zero-order valence-corrected chi connectivity index (χ0v) is 13.6. The lowest BCUT2D eigenvalue weighted by atomic mass is 10.2. The maximum atomic E-state index is 13.5. The van der Waals surface area contributed by atoms with Gasteiger partial charge in [0.15, 0.2) is 0 Å². The third kappa shape index (κ3) is 4.69. The lowest BCUT2D eigenvalue weighted by molar-refractivity contribution is -0.274. The van der Waals surface area contributed by atoms with Gasteiger partial charge < -0.3 is 13.7 Å². The summed E-state index contributed by atoms with van der Waals surface area (Å²) in [7, 11) is 0. The van der Waals surface area contributed by atoms with Crippen molar-refractivity contribution < 1.29 is 35.5 Å². The topological polar surface area (TPSA) is 70.2 Å². The predicted octanol–water partition coefficient (Wildman–Crippen LogP) is 3.92. The van der Waals surface area contributed by atoms with E-state index in [-0.39, 0.29) is 23.6 Å². The summed E-state index contributed by atoms with van der Waals surface area (Å²) in [6, 6.07) is 4.74. The van der Waals surface area contributed by atoms with Gasteiger partial charge in [-0.25, -0.2) is 4.39 Å². The Morgan fingerprint density at radius 1 is 1.14 bits per heavy atom. The maximum absolute atomic E-state index is 13.5. The molecule has 0 N–H and O–H groups in total. The smallest absolute Gasteiger partial charge is 0.415 e. The van der Waals surface area contributed by atoms with Crippen molar-refractivity contribution in [1.29, 1.82) is 0 Å². The number of hydrogen-bond donors (Lipinski definition) is 0. The van der Waals surface area contributed by atoms with E-state index >= 15 is 0 Å². The molecule has 0 unspecified atom stereocenters. The minimum atomic E-state index is -5.00. The van der Waals surface area contributed by atoms with E-state index in [1.807, 2.05) is 0 Å². The molecule has 1 aromatic carbocycles. The van der Waals surface area contributed by atoms with Gasteiger partial charge in [0, 0.05) is 23.9 Å². The third-order valence-corrected chi connectivity index (χ3v) is 3.39. The Labute approximate surface area is 152 Å². The van der Waals surface area contributed by atoms with Crippen LogP contribution in [0.5, 0.6) is 5.75 Å². The summed E-state index contributed by atoms with van der Waals surface area (Å²) >= 11 is 0. The molecule has 0 saturated heterocycles. The standard InChI is InChI=1S/C16H9F6N3O3/c17-10-3-8(4-11(6-10)28-16(20,21)22)7-25-2-1-9(5-12(25)26)14-23-24-15(27-14)13(18)19/h1-6,13H,7H2. The highest BCUT2D eigenvalue weighted by Crippen LogP contribution is 2.25. The van der Waals surface area contributed by atoms with Crippen molar-refractivity contribution >= 4 is 0 Å². The van der Waals surface area contributed by atoms with Crippen LogP contribution in [0, 0.1) is 5.82 Å². The Kier molecular flexibility index (Phi) is 5.12. The zero-order chi connectivity index (χ0) is 20.5. The molecule has 0 radical (unpaired) electrons. The maximum Gasteiger partial charge on any atom is 0.573 e. The Bertz CT molecular complexity index is 1040. The van der Waals surface area contributed by atoms with Crippen LogP contribution in [0.1, 0.15) is 17.9 Å². The highest BCUT2D eigenvalue weighted by Gasteiger charge is 2.31. The normalized spacial score (nSPS) is 11.8. The van der Waals surface area contributed by atoms with Crippen molar-refractivity contribution in [1.82, 2.24) is 14.8 Å². The summed E-state index contributed by atoms with van der Waals surface area (Å²) < 4.78 is 84.8. The molecule has 148 valence electrons. The van der Waals surface area contributed by atoms with E-state index < -0.39 is 35.8 Å². The molecule has 3 aromatic rings. The zero-order valence-electron chi connectivity index (χ0n) is 13.6. The average Bonchev–Trinajstić information content (AvgIpc) is 3.05. The number of ether oxygens (including phenoxy) is 1. The molecule has 2 heterocycles. The van der Waals surface area contributed by atoms with E-state index in [2.05, 4.69) is 14.9 Å². The van der Waals surface area contributed by atoms with Gasteiger partial charge in [-0.05, 0) is 23.8 Å². The number of benzene rings is 1. The Morgan fingerprint density at radius 2 is 1.89 bits per heavy atom. The van der Waals surface area contributed by atoms with Crippen LogP contribution < -0.4 is 10.3 Å². The highest BCUT2D eigenvalue weighted by atomic mass is 19.4. The van der Waals surface area contributed by atoms with Crippen LogP contribution in [0.25, 0.3) is 11.5 Å². The molecule has 0 fully saturated rings. The van der Waals surface area contributed by atoms with Gasteiger partial charge in [-0.1, -0.05) is 0 Å². The number of alkyl halides is 5. The second kappa shape index (κ2) is 7.37. The second-order valence-corrected chi connectivity index (χ2v) is 5.47. The monoisotopic (exact) mass is 405 g/mol. The molecule has 6 nitrogen and oxygen atoms in total. The van der Waals surface area contributed by atoms with Gasteiger partial charge in [-0.3, -0.25) is 4.79 Å². The molecule has 28 heavy (non-hydrogen) atoms. The van der Waals surface area contributed by atoms with Gasteiger partial charge in [0.25, 0.3) is 11.4 Å². The molecule has 12 heteroatoms. The van der Waals surface area contributed by atoms with Crippen molar-refractivity contribution in [2.45, 2.75) is 19.3 Å². The van der Waals surface area contributed by atoms with E-state index in [1.54, 1.807) is 0 Å². The van der Waals surface area contributed by atoms with Crippen molar-refractivity contribution in [3.05, 3.63) is 64.2 Å². The van der Waals surface area contributed by atoms with E-state index in [4.69, 9.17) is 4.42 Å². The summed E-state index contributed by atoms with van der Waals surface area (Å²) in [5, 5.41) is 6.54. The molecule has 0 amide bonds. The second-order valence-electron chi connectivity index (χ2n) is 5.47. The van der Waals surface area contributed by atoms with Crippen LogP contribution in [-0.4, -0.2) is 21.1 Å². The first-order chi connectivity index (χ1) is 13.1. The van der Waals surface area contributed by atoms with Crippen LogP contribution in [-0.2, 0) is 6.54 Å². The summed E-state index contributed by atoms with van der Waals surface area (Å²) in [5.41, 5.74) is -0.551. The molecule has 0 aliphatic rings. The minimum absolute atomic E-state index is 0.0341. The summed E-state index contributed by atoms with van der Waals surface area (Å²) in [6.07, 6.45) is -6.74. The first-order valence-corrected chi connectivity index (χ1v) is 7.48. The van der Waals surface area contributed by atoms with Crippen LogP contribution in [0.2, 0.25) is 0 Å². The summed E-state index contributed by atoms with van der Waals surface area (Å²) in [4.78, 5) is 12.2. The SMILES string of the molecule is O=c1cc(-c2nnc(C(F)F)o2)ccn1Cc1cc(F)cc(OC(F)(F)F)c1. The molecule has 0 spiro atoms. The number of nitrogens with zero attached hydrogens (tertiary/aromatic N) is 3. The van der Waals surface area contributed by atoms with Gasteiger partial charge in [0.1, 0.15) is 11.6 Å². The lowest BCUT2D eigenvalue weighted by Gasteiger charge is -2.11. The first-order valence-electron chi connectivity index (χ1n) is 7.48. The van der Waals surface area contributed by atoms with E-state index in [0.29, 0.717) is 6.07 Å². The summed E-state index contributed by atoms with van der Waals surface area (Å²) in [6.45, 7) is -0.267. The molecular formula is C16H9F6N3O3. The van der Waals surface area contributed by atoms with E-state index in [9.17, 15) is 31.1 Å². The first kappa shape index (κ1) is 19.5. The molecule has 0 aliphatic heterocycles. The Hall–Kier alpha value is -3.31. The van der Waals surface area contributed by atoms with E-state index in [1.165, 1.54) is 12.3 Å². The molecule has 0 bridgehead atoms. The van der Waals surface area contributed by atoms with Crippen molar-refractivity contribution in [2.24, 2.45) is 0 Å². The molecule has 0 saturated carbocycles. The Morgan fingerprint density at radius 3 is 2.50 bits per heavy atom. The van der Waals surface area contributed by atoms with Crippen LogP contribution in [0.15, 0.2) is 45.7 Å². The Balaban J connectivity index is 1.84. The van der Waals surface area contributed by atoms with Crippen LogP contribution in [0.3, 0.4) is 0 Å². The number of pyridine rings is 1.